The van der Waals surface area contributed by atoms with Gasteiger partial charge in [-0.2, -0.15) is 0 Å². The summed E-state index contributed by atoms with van der Waals surface area (Å²) < 4.78 is 2.31. The predicted octanol–water partition coefficient (Wildman–Crippen LogP) is 1.25. The van der Waals surface area contributed by atoms with Crippen LogP contribution >= 0.6 is 0 Å². The molecule has 0 bridgehead atoms. The van der Waals surface area contributed by atoms with Crippen LogP contribution < -0.4 is 0 Å². The lowest BCUT2D eigenvalue weighted by atomic mass is 9.96. The van der Waals surface area contributed by atoms with Gasteiger partial charge in [-0.05, 0) is 33.0 Å². The van der Waals surface area contributed by atoms with E-state index in [1.165, 1.54) is 5.69 Å². The summed E-state index contributed by atoms with van der Waals surface area (Å²) in [4.78, 5) is 16.7. The van der Waals surface area contributed by atoms with E-state index in [1.54, 1.807) is 0 Å². The van der Waals surface area contributed by atoms with Crippen molar-refractivity contribution in [1.82, 2.24) is 14.4 Å². The van der Waals surface area contributed by atoms with E-state index < -0.39 is 0 Å². The monoisotopic (exact) mass is 261 g/mol. The third kappa shape index (κ3) is 2.47. The maximum absolute atomic E-state index is 11.9. The molecular weight excluding hydrogens is 238 g/mol. The lowest BCUT2D eigenvalue weighted by Crippen LogP contribution is -2.51. The highest BCUT2D eigenvalue weighted by Crippen LogP contribution is 2.23. The van der Waals surface area contributed by atoms with E-state index in [4.69, 9.17) is 0 Å². The van der Waals surface area contributed by atoms with Crippen molar-refractivity contribution < 1.29 is 4.79 Å². The van der Waals surface area contributed by atoms with E-state index in [0.29, 0.717) is 11.8 Å². The Labute approximate surface area is 115 Å². The normalized spacial score (nSPS) is 25.6. The molecule has 1 aliphatic heterocycles. The molecular formula is C15H23N3O. The molecule has 2 heterocycles. The van der Waals surface area contributed by atoms with Gasteiger partial charge in [0, 0.05) is 56.1 Å². The van der Waals surface area contributed by atoms with Gasteiger partial charge in [0.25, 0.3) is 0 Å². The average molecular weight is 261 g/mol. The third-order valence-electron chi connectivity index (χ3n) is 4.58. The molecule has 0 aromatic carbocycles. The fraction of sp³-hybridized carbons (Fsp3) is 0.667. The predicted molar refractivity (Wildman–Crippen MR) is 75.6 cm³/mol. The molecule has 19 heavy (non-hydrogen) atoms. The molecule has 104 valence electrons. The van der Waals surface area contributed by atoms with Crippen LogP contribution in [0.2, 0.25) is 0 Å². The molecule has 0 radical (unpaired) electrons. The Balaban J connectivity index is 1.78. The van der Waals surface area contributed by atoms with Gasteiger partial charge in [-0.25, -0.2) is 0 Å². The van der Waals surface area contributed by atoms with Crippen LogP contribution in [0.4, 0.5) is 0 Å². The van der Waals surface area contributed by atoms with Gasteiger partial charge in [0.2, 0.25) is 0 Å². The fourth-order valence-electron chi connectivity index (χ4n) is 3.29. The van der Waals surface area contributed by atoms with Crippen LogP contribution in [-0.2, 0) is 13.0 Å². The first-order valence-corrected chi connectivity index (χ1v) is 7.25. The second kappa shape index (κ2) is 5.10. The molecule has 3 rings (SSSR count). The maximum Gasteiger partial charge on any atom is 0.164 e. The van der Waals surface area contributed by atoms with E-state index in [0.717, 1.165) is 51.0 Å². The van der Waals surface area contributed by atoms with Crippen LogP contribution in [-0.4, -0.2) is 59.9 Å². The zero-order chi connectivity index (χ0) is 13.4. The first-order valence-electron chi connectivity index (χ1n) is 7.25. The molecule has 1 atom stereocenters. The van der Waals surface area contributed by atoms with Crippen LogP contribution in [0.3, 0.4) is 0 Å². The quantitative estimate of drug-likeness (QED) is 0.802. The number of Topliss-reactive ketones (excluding diaryl/α,β-unsaturated/α-hetero) is 1. The van der Waals surface area contributed by atoms with Crippen LogP contribution in [0.1, 0.15) is 28.9 Å². The smallest absolute Gasteiger partial charge is 0.164 e. The number of hydrogen-bond donors (Lipinski definition) is 0. The molecule has 0 saturated carbocycles. The molecule has 1 unspecified atom stereocenters. The molecule has 1 fully saturated rings. The summed E-state index contributed by atoms with van der Waals surface area (Å²) in [6, 6.07) is 2.57. The van der Waals surface area contributed by atoms with E-state index in [-0.39, 0.29) is 0 Å². The van der Waals surface area contributed by atoms with Gasteiger partial charge in [-0.3, -0.25) is 9.69 Å². The van der Waals surface area contributed by atoms with Crippen molar-refractivity contribution in [3.63, 3.8) is 0 Å². The van der Waals surface area contributed by atoms with Gasteiger partial charge in [-0.1, -0.05) is 0 Å². The second-order valence-corrected chi connectivity index (χ2v) is 6.00. The van der Waals surface area contributed by atoms with E-state index in [9.17, 15) is 4.79 Å². The van der Waals surface area contributed by atoms with Crippen molar-refractivity contribution in [2.45, 2.75) is 31.8 Å². The molecule has 1 aliphatic carbocycles. The summed E-state index contributed by atoms with van der Waals surface area (Å²) >= 11 is 0. The molecule has 0 amide bonds. The highest BCUT2D eigenvalue weighted by atomic mass is 16.1. The first-order chi connectivity index (χ1) is 9.15. The SMILES string of the molecule is CN1CCN(C)C(Cn2ccc3c2CCCC3=O)C1. The molecule has 0 spiro atoms. The summed E-state index contributed by atoms with van der Waals surface area (Å²) in [6.45, 7) is 4.39. The minimum absolute atomic E-state index is 0.328. The number of ketones is 1. The Hall–Kier alpha value is -1.13. The topological polar surface area (TPSA) is 28.5 Å². The highest BCUT2D eigenvalue weighted by molar-refractivity contribution is 5.98. The second-order valence-electron chi connectivity index (χ2n) is 6.00. The Morgan fingerprint density at radius 3 is 2.95 bits per heavy atom. The maximum atomic E-state index is 11.9. The van der Waals surface area contributed by atoms with Gasteiger partial charge < -0.3 is 9.47 Å². The van der Waals surface area contributed by atoms with Gasteiger partial charge in [0.05, 0.1) is 0 Å². The van der Waals surface area contributed by atoms with E-state index in [1.807, 2.05) is 6.07 Å². The number of piperazine rings is 1. The molecule has 4 nitrogen and oxygen atoms in total. The van der Waals surface area contributed by atoms with Crippen molar-refractivity contribution in [3.05, 3.63) is 23.5 Å². The summed E-state index contributed by atoms with van der Waals surface area (Å²) in [6.07, 6.45) is 4.90. The molecule has 1 aromatic heterocycles. The van der Waals surface area contributed by atoms with E-state index >= 15 is 0 Å². The molecule has 1 aromatic rings. The summed E-state index contributed by atoms with van der Waals surface area (Å²) in [7, 11) is 4.40. The summed E-state index contributed by atoms with van der Waals surface area (Å²) in [5, 5.41) is 0. The van der Waals surface area contributed by atoms with Crippen molar-refractivity contribution in [2.75, 3.05) is 33.7 Å². The number of likely N-dealkylation sites (N-methyl/N-ethyl adjacent to an activating group) is 2. The van der Waals surface area contributed by atoms with Gasteiger partial charge in [0.15, 0.2) is 5.78 Å². The van der Waals surface area contributed by atoms with Crippen molar-refractivity contribution in [1.29, 1.82) is 0 Å². The standard InChI is InChI=1S/C15H23N3O/c1-16-8-9-17(2)12(10-16)11-18-7-6-13-14(18)4-3-5-15(13)19/h6-7,12H,3-5,8-11H2,1-2H3. The molecule has 4 heteroatoms. The van der Waals surface area contributed by atoms with Crippen LogP contribution in [0.25, 0.3) is 0 Å². The first kappa shape index (κ1) is 12.9. The Bertz CT molecular complexity index is 480. The average Bonchev–Trinajstić information content (AvgIpc) is 2.79. The number of hydrogen-bond acceptors (Lipinski definition) is 3. The van der Waals surface area contributed by atoms with Crippen LogP contribution in [0.5, 0.6) is 0 Å². The lowest BCUT2D eigenvalue weighted by molar-refractivity contribution is 0.0964. The van der Waals surface area contributed by atoms with Crippen LogP contribution in [0, 0.1) is 0 Å². The third-order valence-corrected chi connectivity index (χ3v) is 4.58. The Morgan fingerprint density at radius 2 is 2.11 bits per heavy atom. The van der Waals surface area contributed by atoms with Gasteiger partial charge >= 0.3 is 0 Å². The minimum Gasteiger partial charge on any atom is -0.349 e. The van der Waals surface area contributed by atoms with E-state index in [2.05, 4.69) is 34.7 Å². The number of rotatable bonds is 2. The zero-order valence-electron chi connectivity index (χ0n) is 11.9. The molecule has 0 N–H and O–H groups in total. The number of nitrogens with zero attached hydrogens (tertiary/aromatic N) is 3. The Morgan fingerprint density at radius 1 is 1.26 bits per heavy atom. The molecule has 2 aliphatic rings. The highest BCUT2D eigenvalue weighted by Gasteiger charge is 2.25. The largest absolute Gasteiger partial charge is 0.349 e. The number of carbonyl (C=O) groups excluding carboxylic acids is 1. The minimum atomic E-state index is 0.328. The lowest BCUT2D eigenvalue weighted by Gasteiger charge is -2.38. The fourth-order valence-corrected chi connectivity index (χ4v) is 3.29. The van der Waals surface area contributed by atoms with Crippen molar-refractivity contribution in [3.8, 4) is 0 Å². The molecule has 1 saturated heterocycles. The number of aromatic nitrogens is 1. The van der Waals surface area contributed by atoms with Crippen molar-refractivity contribution in [2.24, 2.45) is 0 Å². The summed E-state index contributed by atoms with van der Waals surface area (Å²) in [5.74, 6) is 0.328. The van der Waals surface area contributed by atoms with Gasteiger partial charge in [0.1, 0.15) is 0 Å². The van der Waals surface area contributed by atoms with Crippen LogP contribution in [0.15, 0.2) is 12.3 Å². The number of fused-ring (bicyclic) bond motifs is 1. The summed E-state index contributed by atoms with van der Waals surface area (Å²) in [5.41, 5.74) is 2.23. The number of carbonyl (C=O) groups is 1. The zero-order valence-corrected chi connectivity index (χ0v) is 11.9. The van der Waals surface area contributed by atoms with Crippen molar-refractivity contribution >= 4 is 5.78 Å². The Kier molecular flexibility index (Phi) is 3.46. The van der Waals surface area contributed by atoms with Gasteiger partial charge in [-0.15, -0.1) is 0 Å².